The van der Waals surface area contributed by atoms with Gasteiger partial charge in [-0.05, 0) is 80.8 Å². The maximum Gasteiger partial charge on any atom is 0.192 e. The van der Waals surface area contributed by atoms with Gasteiger partial charge in [-0.3, -0.25) is 0 Å². The number of hydrogen-bond donors (Lipinski definition) is 1. The SMILES string of the molecule is COCOC(C)(C)/C=C/[C@H](O)[C@@H](C)[C@H]1CC[C@H]2[C@@H](O[Si](C)(C)C(C)(C)C)CCC[C@]12C. The summed E-state index contributed by atoms with van der Waals surface area (Å²) in [6, 6.07) is 0. The van der Waals surface area contributed by atoms with Crippen molar-refractivity contribution in [2.75, 3.05) is 13.9 Å². The molecule has 2 saturated carbocycles. The summed E-state index contributed by atoms with van der Waals surface area (Å²) >= 11 is 0. The van der Waals surface area contributed by atoms with Crippen molar-refractivity contribution >= 4 is 8.32 Å². The second-order valence-electron chi connectivity index (χ2n) is 12.5. The predicted octanol–water partition coefficient (Wildman–Crippen LogP) is 6.55. The molecule has 6 atom stereocenters. The Bertz CT molecular complexity index is 609. The van der Waals surface area contributed by atoms with Crippen LogP contribution >= 0.6 is 0 Å². The fourth-order valence-electron chi connectivity index (χ4n) is 5.72. The lowest BCUT2D eigenvalue weighted by Gasteiger charge is -2.50. The minimum atomic E-state index is -1.79. The number of aliphatic hydroxyl groups excluding tert-OH is 1. The highest BCUT2D eigenvalue weighted by Crippen LogP contribution is 2.59. The van der Waals surface area contributed by atoms with Crippen LogP contribution < -0.4 is 0 Å². The van der Waals surface area contributed by atoms with Gasteiger partial charge in [0.25, 0.3) is 0 Å². The normalized spacial score (nSPS) is 32.3. The molecule has 0 saturated heterocycles. The van der Waals surface area contributed by atoms with E-state index in [0.717, 1.165) is 0 Å². The Kier molecular flexibility index (Phi) is 8.69. The molecule has 1 N–H and O–H groups in total. The molecule has 0 unspecified atom stereocenters. The van der Waals surface area contributed by atoms with Gasteiger partial charge in [0.2, 0.25) is 0 Å². The molecule has 0 aromatic rings. The first kappa shape index (κ1) is 27.0. The molecule has 2 rings (SSSR count). The molecule has 2 fully saturated rings. The summed E-state index contributed by atoms with van der Waals surface area (Å²) in [4.78, 5) is 0. The van der Waals surface area contributed by atoms with Crippen LogP contribution in [0.25, 0.3) is 0 Å². The van der Waals surface area contributed by atoms with Gasteiger partial charge >= 0.3 is 0 Å². The van der Waals surface area contributed by atoms with Crippen molar-refractivity contribution in [1.29, 1.82) is 0 Å². The van der Waals surface area contributed by atoms with Crippen molar-refractivity contribution in [3.05, 3.63) is 12.2 Å². The molecule has 0 radical (unpaired) electrons. The van der Waals surface area contributed by atoms with Gasteiger partial charge in [-0.1, -0.05) is 53.2 Å². The molecule has 2 aliphatic rings. The average molecular weight is 455 g/mol. The van der Waals surface area contributed by atoms with Gasteiger partial charge in [0.15, 0.2) is 8.32 Å². The fourth-order valence-corrected chi connectivity index (χ4v) is 7.12. The van der Waals surface area contributed by atoms with Gasteiger partial charge in [-0.2, -0.15) is 0 Å². The number of methoxy groups -OCH3 is 1. The van der Waals surface area contributed by atoms with Crippen molar-refractivity contribution in [2.45, 2.75) is 117 Å². The van der Waals surface area contributed by atoms with Gasteiger partial charge in [-0.25, -0.2) is 0 Å². The van der Waals surface area contributed by atoms with Crippen LogP contribution in [-0.4, -0.2) is 45.1 Å². The van der Waals surface area contributed by atoms with E-state index >= 15 is 0 Å². The van der Waals surface area contributed by atoms with E-state index in [9.17, 15) is 5.11 Å². The molecule has 182 valence electrons. The first-order chi connectivity index (χ1) is 14.1. The zero-order valence-corrected chi connectivity index (χ0v) is 23.0. The standard InChI is InChI=1S/C26H50O4Si/c1-19(22(27)15-17-25(5,6)29-18-28-8)20-13-14-21-23(12-11-16-26(20,21)7)30-31(9,10)24(2,3)4/h15,17,19-23,27H,11-14,16,18H2,1-10H3/b17-15+/t19-,20+,21-,22-,23-,26+/m0/s1. The number of ether oxygens (including phenoxy) is 2. The average Bonchev–Trinajstić information content (AvgIpc) is 3.01. The highest BCUT2D eigenvalue weighted by atomic mass is 28.4. The van der Waals surface area contributed by atoms with Crippen LogP contribution in [0.2, 0.25) is 18.1 Å². The van der Waals surface area contributed by atoms with Crippen molar-refractivity contribution in [3.8, 4) is 0 Å². The van der Waals surface area contributed by atoms with E-state index in [1.165, 1.54) is 32.1 Å². The van der Waals surface area contributed by atoms with Crippen molar-refractivity contribution < 1.29 is 19.0 Å². The van der Waals surface area contributed by atoms with Crippen LogP contribution in [0, 0.1) is 23.2 Å². The molecular formula is C26H50O4Si. The third kappa shape index (κ3) is 6.23. The summed E-state index contributed by atoms with van der Waals surface area (Å²) in [7, 11) is -0.161. The highest BCUT2D eigenvalue weighted by molar-refractivity contribution is 6.74. The topological polar surface area (TPSA) is 47.9 Å². The van der Waals surface area contributed by atoms with Gasteiger partial charge in [-0.15, -0.1) is 0 Å². The molecule has 2 aliphatic carbocycles. The molecule has 0 aromatic heterocycles. The molecule has 31 heavy (non-hydrogen) atoms. The van der Waals surface area contributed by atoms with E-state index in [-0.39, 0.29) is 23.2 Å². The molecular weight excluding hydrogens is 404 g/mol. The second-order valence-corrected chi connectivity index (χ2v) is 17.2. The smallest absolute Gasteiger partial charge is 0.192 e. The second kappa shape index (κ2) is 9.96. The van der Waals surface area contributed by atoms with E-state index in [0.29, 0.717) is 17.9 Å². The number of aliphatic hydroxyl groups is 1. The quantitative estimate of drug-likeness (QED) is 0.244. The Balaban J connectivity index is 2.11. The van der Waals surface area contributed by atoms with Crippen LogP contribution in [0.5, 0.6) is 0 Å². The number of fused-ring (bicyclic) bond motifs is 1. The first-order valence-corrected chi connectivity index (χ1v) is 15.2. The molecule has 5 heteroatoms. The minimum Gasteiger partial charge on any atom is -0.414 e. The maximum absolute atomic E-state index is 11.0. The molecule has 0 spiro atoms. The number of rotatable bonds is 9. The zero-order chi connectivity index (χ0) is 23.7. The van der Waals surface area contributed by atoms with Crippen molar-refractivity contribution in [1.82, 2.24) is 0 Å². The summed E-state index contributed by atoms with van der Waals surface area (Å²) in [5.41, 5.74) is -0.201. The molecule has 0 bridgehead atoms. The van der Waals surface area contributed by atoms with E-state index in [4.69, 9.17) is 13.9 Å². The molecule has 0 aromatic carbocycles. The van der Waals surface area contributed by atoms with Crippen LogP contribution in [0.15, 0.2) is 12.2 Å². The molecule has 0 aliphatic heterocycles. The van der Waals surface area contributed by atoms with Crippen LogP contribution in [0.1, 0.15) is 80.6 Å². The molecule has 4 nitrogen and oxygen atoms in total. The van der Waals surface area contributed by atoms with Gasteiger partial charge < -0.3 is 19.0 Å². The van der Waals surface area contributed by atoms with Crippen LogP contribution in [-0.2, 0) is 13.9 Å². The Morgan fingerprint density at radius 1 is 1.13 bits per heavy atom. The van der Waals surface area contributed by atoms with E-state index in [2.05, 4.69) is 47.7 Å². The third-order valence-electron chi connectivity index (χ3n) is 8.80. The Morgan fingerprint density at radius 3 is 2.35 bits per heavy atom. The lowest BCUT2D eigenvalue weighted by Crippen LogP contribution is -2.50. The maximum atomic E-state index is 11.0. The summed E-state index contributed by atoms with van der Waals surface area (Å²) < 4.78 is 17.7. The third-order valence-corrected chi connectivity index (χ3v) is 13.3. The van der Waals surface area contributed by atoms with Gasteiger partial charge in [0, 0.05) is 13.2 Å². The van der Waals surface area contributed by atoms with Crippen molar-refractivity contribution in [3.63, 3.8) is 0 Å². The Hall–Kier alpha value is -0.203. The summed E-state index contributed by atoms with van der Waals surface area (Å²) in [6.45, 7) is 20.7. The largest absolute Gasteiger partial charge is 0.414 e. The summed E-state index contributed by atoms with van der Waals surface area (Å²) in [6.07, 6.45) is 9.93. The highest BCUT2D eigenvalue weighted by Gasteiger charge is 2.55. The lowest BCUT2D eigenvalue weighted by atomic mass is 9.61. The lowest BCUT2D eigenvalue weighted by molar-refractivity contribution is -0.0924. The van der Waals surface area contributed by atoms with Crippen LogP contribution in [0.3, 0.4) is 0 Å². The van der Waals surface area contributed by atoms with E-state index in [1.807, 2.05) is 26.0 Å². The molecule has 0 amide bonds. The zero-order valence-electron chi connectivity index (χ0n) is 22.0. The Morgan fingerprint density at radius 2 is 1.77 bits per heavy atom. The van der Waals surface area contributed by atoms with E-state index in [1.54, 1.807) is 7.11 Å². The summed E-state index contributed by atoms with van der Waals surface area (Å²) in [5, 5.41) is 11.3. The van der Waals surface area contributed by atoms with Crippen molar-refractivity contribution in [2.24, 2.45) is 23.2 Å². The van der Waals surface area contributed by atoms with E-state index < -0.39 is 20.0 Å². The molecule has 0 heterocycles. The fraction of sp³-hybridized carbons (Fsp3) is 0.923. The first-order valence-electron chi connectivity index (χ1n) is 12.3. The van der Waals surface area contributed by atoms with Gasteiger partial charge in [0.05, 0.1) is 11.7 Å². The van der Waals surface area contributed by atoms with Crippen LogP contribution in [0.4, 0.5) is 0 Å². The van der Waals surface area contributed by atoms with Gasteiger partial charge in [0.1, 0.15) is 6.79 Å². The Labute approximate surface area is 193 Å². The number of hydrogen-bond acceptors (Lipinski definition) is 4. The summed E-state index contributed by atoms with van der Waals surface area (Å²) in [5.74, 6) is 1.35. The minimum absolute atomic E-state index is 0.219. The monoisotopic (exact) mass is 454 g/mol. The predicted molar refractivity (Wildman–Crippen MR) is 132 cm³/mol.